The number of nitrogens with one attached hydrogen (secondary N) is 2. The van der Waals surface area contributed by atoms with Gasteiger partial charge in [0.2, 0.25) is 0 Å². The summed E-state index contributed by atoms with van der Waals surface area (Å²) in [5.41, 5.74) is 2.46. The number of aromatic nitrogens is 1. The lowest BCUT2D eigenvalue weighted by Gasteiger charge is -2.36. The van der Waals surface area contributed by atoms with Gasteiger partial charge >= 0.3 is 0 Å². The van der Waals surface area contributed by atoms with Gasteiger partial charge in [-0.2, -0.15) is 0 Å². The Hall–Kier alpha value is -2.35. The van der Waals surface area contributed by atoms with Gasteiger partial charge in [-0.1, -0.05) is 0 Å². The van der Waals surface area contributed by atoms with E-state index in [4.69, 9.17) is 5.11 Å². The van der Waals surface area contributed by atoms with E-state index in [9.17, 15) is 18.3 Å². The van der Waals surface area contributed by atoms with Crippen LogP contribution >= 0.6 is 0 Å². The number of benzene rings is 2. The molecule has 0 saturated heterocycles. The lowest BCUT2D eigenvalue weighted by atomic mass is 9.70. The van der Waals surface area contributed by atoms with Gasteiger partial charge in [0.05, 0.1) is 17.8 Å². The minimum atomic E-state index is -0.954. The second-order valence-electron chi connectivity index (χ2n) is 7.37. The maximum atomic E-state index is 14.3. The number of rotatable bonds is 6. The van der Waals surface area contributed by atoms with Crippen molar-refractivity contribution in [3.63, 3.8) is 0 Å². The van der Waals surface area contributed by atoms with Gasteiger partial charge in [0, 0.05) is 18.0 Å². The monoisotopic (exact) mass is 390 g/mol. The van der Waals surface area contributed by atoms with Crippen molar-refractivity contribution in [2.45, 2.75) is 25.0 Å². The molecule has 0 aliphatic heterocycles. The van der Waals surface area contributed by atoms with Gasteiger partial charge in [-0.15, -0.1) is 0 Å². The van der Waals surface area contributed by atoms with Crippen molar-refractivity contribution in [3.8, 4) is 11.3 Å². The highest BCUT2D eigenvalue weighted by Gasteiger charge is 2.34. The van der Waals surface area contributed by atoms with E-state index in [0.29, 0.717) is 23.2 Å². The van der Waals surface area contributed by atoms with E-state index < -0.39 is 17.9 Å². The average Bonchev–Trinajstić information content (AvgIpc) is 3.00. The number of H-pyrrole nitrogens is 1. The molecular formula is C21H21F3N2O2. The van der Waals surface area contributed by atoms with Gasteiger partial charge in [-0.25, -0.2) is 13.2 Å². The topological polar surface area (TPSA) is 68.3 Å². The number of aromatic amines is 1. The zero-order valence-corrected chi connectivity index (χ0v) is 15.1. The molecule has 2 aromatic carbocycles. The summed E-state index contributed by atoms with van der Waals surface area (Å²) in [4.78, 5) is 3.07. The quantitative estimate of drug-likeness (QED) is 0.486. The molecule has 148 valence electrons. The normalized spacial score (nSPS) is 20.3. The molecule has 1 aliphatic carbocycles. The maximum absolute atomic E-state index is 14.3. The summed E-state index contributed by atoms with van der Waals surface area (Å²) < 4.78 is 41.6. The largest absolute Gasteiger partial charge is 0.392 e. The Kier molecular flexibility index (Phi) is 5.14. The first-order chi connectivity index (χ1) is 13.5. The number of aliphatic hydroxyl groups is 2. The molecular weight excluding hydrogens is 369 g/mol. The van der Waals surface area contributed by atoms with Gasteiger partial charge in [-0.05, 0) is 66.1 Å². The van der Waals surface area contributed by atoms with E-state index in [0.717, 1.165) is 24.5 Å². The third-order valence-electron chi connectivity index (χ3n) is 5.46. The average molecular weight is 390 g/mol. The molecule has 3 aromatic rings. The van der Waals surface area contributed by atoms with E-state index in [2.05, 4.69) is 10.3 Å². The fourth-order valence-electron chi connectivity index (χ4n) is 4.01. The Morgan fingerprint density at radius 3 is 2.46 bits per heavy atom. The van der Waals surface area contributed by atoms with Crippen molar-refractivity contribution in [1.29, 1.82) is 0 Å². The van der Waals surface area contributed by atoms with Gasteiger partial charge < -0.3 is 15.2 Å². The van der Waals surface area contributed by atoms with Crippen molar-refractivity contribution >= 4 is 10.9 Å². The Morgan fingerprint density at radius 1 is 1.07 bits per heavy atom. The maximum Gasteiger partial charge on any atom is 0.150 e. The van der Waals surface area contributed by atoms with Gasteiger partial charge in [0.25, 0.3) is 0 Å². The van der Waals surface area contributed by atoms with Crippen LogP contribution in [0.4, 0.5) is 13.2 Å². The van der Waals surface area contributed by atoms with Crippen molar-refractivity contribution in [2.75, 3.05) is 13.2 Å². The molecule has 1 fully saturated rings. The standard InChI is InChI=1S/C21H21F3N2O2/c22-14-3-1-12(2-4-14)20-19(13-5-11(6-13)9-25-18(28)10-27)16-7-15(23)8-17(24)21(16)26-20/h1-4,7-8,11,13,18,25-28H,5-6,9-10H2/t11-,13-,18?. The zero-order chi connectivity index (χ0) is 19.8. The van der Waals surface area contributed by atoms with Crippen LogP contribution < -0.4 is 5.32 Å². The molecule has 1 atom stereocenters. The Morgan fingerprint density at radius 2 is 1.79 bits per heavy atom. The Labute approximate surface area is 160 Å². The molecule has 0 bridgehead atoms. The van der Waals surface area contributed by atoms with Crippen molar-refractivity contribution in [1.82, 2.24) is 10.3 Å². The van der Waals surface area contributed by atoms with Crippen LogP contribution in [0.5, 0.6) is 0 Å². The summed E-state index contributed by atoms with van der Waals surface area (Å²) in [6.07, 6.45) is 0.611. The van der Waals surface area contributed by atoms with E-state index >= 15 is 0 Å². The molecule has 0 amide bonds. The predicted molar refractivity (Wildman–Crippen MR) is 100 cm³/mol. The molecule has 4 nitrogen and oxygen atoms in total. The molecule has 1 saturated carbocycles. The van der Waals surface area contributed by atoms with Crippen molar-refractivity contribution in [3.05, 3.63) is 59.4 Å². The molecule has 1 aromatic heterocycles. The summed E-state index contributed by atoms with van der Waals surface area (Å²) in [5, 5.41) is 21.6. The van der Waals surface area contributed by atoms with Crippen molar-refractivity contribution in [2.24, 2.45) is 5.92 Å². The molecule has 1 heterocycles. The van der Waals surface area contributed by atoms with Crippen LogP contribution in [0.25, 0.3) is 22.2 Å². The van der Waals surface area contributed by atoms with E-state index in [1.807, 2.05) is 0 Å². The molecule has 1 aliphatic rings. The smallest absolute Gasteiger partial charge is 0.150 e. The summed E-state index contributed by atoms with van der Waals surface area (Å²) in [6.45, 7) is 0.195. The number of hydrogen-bond acceptors (Lipinski definition) is 3. The molecule has 4 N–H and O–H groups in total. The van der Waals surface area contributed by atoms with Gasteiger partial charge in [-0.3, -0.25) is 5.32 Å². The van der Waals surface area contributed by atoms with Crippen LogP contribution in [0.15, 0.2) is 36.4 Å². The highest BCUT2D eigenvalue weighted by atomic mass is 19.1. The van der Waals surface area contributed by atoms with E-state index in [-0.39, 0.29) is 29.8 Å². The van der Waals surface area contributed by atoms with E-state index in [1.165, 1.54) is 18.2 Å². The van der Waals surface area contributed by atoms with Crippen molar-refractivity contribution < 1.29 is 23.4 Å². The Balaban J connectivity index is 1.68. The lowest BCUT2D eigenvalue weighted by molar-refractivity contribution is 0.0589. The fourth-order valence-corrected chi connectivity index (χ4v) is 4.01. The predicted octanol–water partition coefficient (Wildman–Crippen LogP) is 3.65. The van der Waals surface area contributed by atoms with Crippen LogP contribution in [-0.4, -0.2) is 34.6 Å². The van der Waals surface area contributed by atoms with Crippen LogP contribution in [0.1, 0.15) is 24.3 Å². The number of fused-ring (bicyclic) bond motifs is 1. The molecule has 0 spiro atoms. The first-order valence-electron chi connectivity index (χ1n) is 9.25. The minimum Gasteiger partial charge on any atom is -0.392 e. The van der Waals surface area contributed by atoms with E-state index in [1.54, 1.807) is 12.1 Å². The molecule has 4 rings (SSSR count). The first kappa shape index (κ1) is 19.0. The summed E-state index contributed by atoms with van der Waals surface area (Å²) in [6, 6.07) is 8.09. The summed E-state index contributed by atoms with van der Waals surface area (Å²) in [7, 11) is 0. The molecule has 0 radical (unpaired) electrons. The summed E-state index contributed by atoms with van der Waals surface area (Å²) >= 11 is 0. The Bertz CT molecular complexity index is 981. The lowest BCUT2D eigenvalue weighted by Crippen LogP contribution is -2.39. The third kappa shape index (κ3) is 3.53. The fraction of sp³-hybridized carbons (Fsp3) is 0.333. The highest BCUT2D eigenvalue weighted by Crippen LogP contribution is 2.48. The highest BCUT2D eigenvalue weighted by molar-refractivity contribution is 5.92. The van der Waals surface area contributed by atoms with Gasteiger partial charge in [0.1, 0.15) is 23.7 Å². The van der Waals surface area contributed by atoms with Crippen LogP contribution in [0.2, 0.25) is 0 Å². The molecule has 1 unspecified atom stereocenters. The number of halogens is 3. The SMILES string of the molecule is OCC(O)NC[C@H]1C[C@H](c2c(-c3ccc(F)cc3)[nH]c3c(F)cc(F)cc32)C1. The van der Waals surface area contributed by atoms with Crippen LogP contribution in [-0.2, 0) is 0 Å². The number of hydrogen-bond donors (Lipinski definition) is 4. The second-order valence-corrected chi connectivity index (χ2v) is 7.37. The van der Waals surface area contributed by atoms with Crippen LogP contribution in [0.3, 0.4) is 0 Å². The first-order valence-corrected chi connectivity index (χ1v) is 9.25. The second kappa shape index (κ2) is 7.58. The summed E-state index contributed by atoms with van der Waals surface area (Å²) in [5.74, 6) is -1.28. The molecule has 7 heteroatoms. The van der Waals surface area contributed by atoms with Gasteiger partial charge in [0.15, 0.2) is 0 Å². The third-order valence-corrected chi connectivity index (χ3v) is 5.46. The molecule has 28 heavy (non-hydrogen) atoms. The zero-order valence-electron chi connectivity index (χ0n) is 15.1. The number of aliphatic hydroxyl groups excluding tert-OH is 2. The minimum absolute atomic E-state index is 0.0908. The van der Waals surface area contributed by atoms with Crippen LogP contribution in [0, 0.1) is 23.4 Å².